The Morgan fingerprint density at radius 3 is 2.47 bits per heavy atom. The van der Waals surface area contributed by atoms with Crippen LogP contribution in [0.2, 0.25) is 0 Å². The Bertz CT molecular complexity index is 514. The topological polar surface area (TPSA) is 55.4 Å². The van der Waals surface area contributed by atoms with Gasteiger partial charge in [0.15, 0.2) is 0 Å². The van der Waals surface area contributed by atoms with Gasteiger partial charge in [-0.1, -0.05) is 19.1 Å². The molecule has 0 atom stereocenters. The highest BCUT2D eigenvalue weighted by atomic mass is 32.2. The third-order valence-corrected chi connectivity index (χ3v) is 3.76. The second kappa shape index (κ2) is 6.25. The zero-order chi connectivity index (χ0) is 14.5. The van der Waals surface area contributed by atoms with Crippen molar-refractivity contribution in [3.63, 3.8) is 0 Å². The lowest BCUT2D eigenvalue weighted by Crippen LogP contribution is -2.25. The number of rotatable bonds is 6. The highest BCUT2D eigenvalue weighted by Crippen LogP contribution is 2.35. The Labute approximate surface area is 109 Å². The lowest BCUT2D eigenvalue weighted by molar-refractivity contribution is -0.0437. The molecule has 108 valence electrons. The fraction of sp³-hybridized carbons (Fsp3) is 0.455. The number of halogens is 3. The van der Waals surface area contributed by atoms with Crippen molar-refractivity contribution >= 4 is 9.84 Å². The number of hydrogen-bond donors (Lipinski definition) is 1. The summed E-state index contributed by atoms with van der Waals surface area (Å²) in [7, 11) is -5.40. The number of nitrogens with one attached hydrogen (secondary N) is 1. The Balaban J connectivity index is 2.97. The summed E-state index contributed by atoms with van der Waals surface area (Å²) < 4.78 is 65.2. The van der Waals surface area contributed by atoms with Crippen molar-refractivity contribution in [2.45, 2.75) is 17.3 Å². The van der Waals surface area contributed by atoms with Crippen molar-refractivity contribution < 1.29 is 26.3 Å². The van der Waals surface area contributed by atoms with E-state index in [1.54, 1.807) is 0 Å². The summed E-state index contributed by atoms with van der Waals surface area (Å²) in [5, 5.41) is 2.91. The highest BCUT2D eigenvalue weighted by molar-refractivity contribution is 7.92. The molecule has 1 rings (SSSR count). The first-order chi connectivity index (χ1) is 8.80. The minimum atomic E-state index is -5.40. The van der Waals surface area contributed by atoms with Crippen LogP contribution in [-0.4, -0.2) is 33.6 Å². The van der Waals surface area contributed by atoms with Crippen molar-refractivity contribution in [3.05, 3.63) is 24.3 Å². The molecule has 0 unspecified atom stereocenters. The van der Waals surface area contributed by atoms with Gasteiger partial charge in [-0.3, -0.25) is 0 Å². The average Bonchev–Trinajstić information content (AvgIpc) is 2.34. The second-order valence-corrected chi connectivity index (χ2v) is 5.51. The third kappa shape index (κ3) is 3.84. The molecule has 0 radical (unpaired) electrons. The van der Waals surface area contributed by atoms with E-state index < -0.39 is 20.2 Å². The maximum Gasteiger partial charge on any atom is 0.502 e. The minimum absolute atomic E-state index is 0.0816. The van der Waals surface area contributed by atoms with Crippen LogP contribution in [0.15, 0.2) is 29.2 Å². The van der Waals surface area contributed by atoms with Crippen molar-refractivity contribution in [1.82, 2.24) is 5.32 Å². The van der Waals surface area contributed by atoms with Gasteiger partial charge in [0.05, 0.1) is 0 Å². The van der Waals surface area contributed by atoms with Crippen LogP contribution >= 0.6 is 0 Å². The van der Waals surface area contributed by atoms with E-state index in [1.807, 2.05) is 6.92 Å². The molecule has 0 aliphatic carbocycles. The summed E-state index contributed by atoms with van der Waals surface area (Å²) in [4.78, 5) is -0.862. The first kappa shape index (κ1) is 15.8. The smallest absolute Gasteiger partial charge is 0.491 e. The van der Waals surface area contributed by atoms with Crippen LogP contribution in [0.4, 0.5) is 13.2 Å². The van der Waals surface area contributed by atoms with Crippen molar-refractivity contribution in [2.24, 2.45) is 0 Å². The first-order valence-electron chi connectivity index (χ1n) is 5.54. The molecule has 0 aromatic heterocycles. The zero-order valence-corrected chi connectivity index (χ0v) is 11.0. The van der Waals surface area contributed by atoms with E-state index in [2.05, 4.69) is 5.32 Å². The van der Waals surface area contributed by atoms with Crippen LogP contribution in [0.5, 0.6) is 5.75 Å². The quantitative estimate of drug-likeness (QED) is 0.816. The van der Waals surface area contributed by atoms with E-state index in [0.717, 1.165) is 6.07 Å². The molecule has 1 aromatic rings. The number of likely N-dealkylation sites (N-methyl/N-ethyl adjacent to an activating group) is 1. The predicted octanol–water partition coefficient (Wildman–Crippen LogP) is 1.97. The Kier molecular flexibility index (Phi) is 5.19. The lowest BCUT2D eigenvalue weighted by atomic mass is 10.3. The van der Waals surface area contributed by atoms with Gasteiger partial charge < -0.3 is 10.1 Å². The van der Waals surface area contributed by atoms with Gasteiger partial charge >= 0.3 is 5.51 Å². The number of sulfone groups is 1. The molecular weight excluding hydrogens is 283 g/mol. The Morgan fingerprint density at radius 1 is 1.26 bits per heavy atom. The van der Waals surface area contributed by atoms with Gasteiger partial charge in [0.25, 0.3) is 9.84 Å². The standard InChI is InChI=1S/C11H14F3NO3S/c1-2-15-7-8-18-9-5-3-4-6-10(9)19(16,17)11(12,13)14/h3-6,15H,2,7-8H2,1H3. The Hall–Kier alpha value is -1.28. The number of alkyl halides is 3. The largest absolute Gasteiger partial charge is 0.502 e. The number of ether oxygens (including phenoxy) is 1. The maximum atomic E-state index is 12.5. The van der Waals surface area contributed by atoms with Gasteiger partial charge in [-0.25, -0.2) is 8.42 Å². The van der Waals surface area contributed by atoms with E-state index in [9.17, 15) is 21.6 Å². The second-order valence-electron chi connectivity index (χ2n) is 3.60. The van der Waals surface area contributed by atoms with Gasteiger partial charge in [-0.2, -0.15) is 13.2 Å². The summed E-state index contributed by atoms with van der Waals surface area (Å²) in [6.07, 6.45) is 0. The molecule has 0 bridgehead atoms. The first-order valence-corrected chi connectivity index (χ1v) is 7.03. The van der Waals surface area contributed by atoms with Gasteiger partial charge in [0.1, 0.15) is 17.3 Å². The molecule has 0 amide bonds. The van der Waals surface area contributed by atoms with Crippen molar-refractivity contribution in [1.29, 1.82) is 0 Å². The predicted molar refractivity (Wildman–Crippen MR) is 63.7 cm³/mol. The number of benzene rings is 1. The molecule has 0 saturated heterocycles. The normalized spacial score (nSPS) is 12.4. The van der Waals surface area contributed by atoms with Crippen LogP contribution in [0.25, 0.3) is 0 Å². The molecule has 1 aromatic carbocycles. The SMILES string of the molecule is CCNCCOc1ccccc1S(=O)(=O)C(F)(F)F. The highest BCUT2D eigenvalue weighted by Gasteiger charge is 2.48. The fourth-order valence-corrected chi connectivity index (χ4v) is 2.22. The fourth-order valence-electron chi connectivity index (χ4n) is 1.33. The molecule has 0 fully saturated rings. The van der Waals surface area contributed by atoms with Crippen molar-refractivity contribution in [3.8, 4) is 5.75 Å². The lowest BCUT2D eigenvalue weighted by Gasteiger charge is -2.13. The average molecular weight is 297 g/mol. The maximum absolute atomic E-state index is 12.5. The van der Waals surface area contributed by atoms with Gasteiger partial charge in [-0.15, -0.1) is 0 Å². The molecule has 0 aliphatic rings. The van der Waals surface area contributed by atoms with E-state index in [4.69, 9.17) is 4.74 Å². The van der Waals surface area contributed by atoms with E-state index in [0.29, 0.717) is 13.1 Å². The van der Waals surface area contributed by atoms with Crippen LogP contribution in [0, 0.1) is 0 Å². The Morgan fingerprint density at radius 2 is 1.89 bits per heavy atom. The van der Waals surface area contributed by atoms with Crippen molar-refractivity contribution in [2.75, 3.05) is 19.7 Å². The molecule has 4 nitrogen and oxygen atoms in total. The molecular formula is C11H14F3NO3S. The van der Waals surface area contributed by atoms with Crippen LogP contribution in [0.3, 0.4) is 0 Å². The summed E-state index contributed by atoms with van der Waals surface area (Å²) >= 11 is 0. The summed E-state index contributed by atoms with van der Waals surface area (Å²) in [5.74, 6) is -0.294. The van der Waals surface area contributed by atoms with Crippen LogP contribution < -0.4 is 10.1 Å². The van der Waals surface area contributed by atoms with E-state index in [-0.39, 0.29) is 12.4 Å². The molecule has 8 heteroatoms. The minimum Gasteiger partial charge on any atom is -0.491 e. The molecule has 0 heterocycles. The third-order valence-electron chi connectivity index (χ3n) is 2.23. The van der Waals surface area contributed by atoms with Gasteiger partial charge in [0, 0.05) is 6.54 Å². The molecule has 0 spiro atoms. The molecule has 19 heavy (non-hydrogen) atoms. The van der Waals surface area contributed by atoms with E-state index in [1.165, 1.54) is 18.2 Å². The number of hydrogen-bond acceptors (Lipinski definition) is 4. The molecule has 0 aliphatic heterocycles. The number of para-hydroxylation sites is 1. The van der Waals surface area contributed by atoms with Gasteiger partial charge in [-0.05, 0) is 18.7 Å². The zero-order valence-electron chi connectivity index (χ0n) is 10.2. The summed E-state index contributed by atoms with van der Waals surface area (Å²) in [5.41, 5.74) is -5.34. The van der Waals surface area contributed by atoms with E-state index >= 15 is 0 Å². The molecule has 1 N–H and O–H groups in total. The monoisotopic (exact) mass is 297 g/mol. The summed E-state index contributed by atoms with van der Waals surface area (Å²) in [6, 6.07) is 4.71. The molecule has 0 saturated carbocycles. The summed E-state index contributed by atoms with van der Waals surface area (Å²) in [6.45, 7) is 3.04. The van der Waals surface area contributed by atoms with Crippen LogP contribution in [-0.2, 0) is 9.84 Å². The van der Waals surface area contributed by atoms with Gasteiger partial charge in [0.2, 0.25) is 0 Å². The van der Waals surface area contributed by atoms with Crippen LogP contribution in [0.1, 0.15) is 6.92 Å².